The number of ether oxygens (including phenoxy) is 1. The van der Waals surface area contributed by atoms with Gasteiger partial charge in [0.15, 0.2) is 4.34 Å². The van der Waals surface area contributed by atoms with E-state index in [1.54, 1.807) is 29.8 Å². The summed E-state index contributed by atoms with van der Waals surface area (Å²) in [6.07, 6.45) is 1.20. The van der Waals surface area contributed by atoms with Crippen LogP contribution in [0.25, 0.3) is 0 Å². The van der Waals surface area contributed by atoms with Crippen molar-refractivity contribution in [3.05, 3.63) is 24.3 Å². The first kappa shape index (κ1) is 19.6. The van der Waals surface area contributed by atoms with Gasteiger partial charge in [-0.25, -0.2) is 0 Å². The fourth-order valence-corrected chi connectivity index (χ4v) is 4.74. The number of amides is 2. The highest BCUT2D eigenvalue weighted by Crippen LogP contribution is 2.34. The number of carbonyl (C=O) groups excluding carboxylic acids is 2. The molecule has 1 saturated heterocycles. The van der Waals surface area contributed by atoms with Gasteiger partial charge in [0.25, 0.3) is 0 Å². The number of carbonyl (C=O) groups is 2. The van der Waals surface area contributed by atoms with Gasteiger partial charge >= 0.3 is 0 Å². The van der Waals surface area contributed by atoms with Crippen molar-refractivity contribution in [3.63, 3.8) is 0 Å². The summed E-state index contributed by atoms with van der Waals surface area (Å²) < 4.78 is 6.16. The number of anilines is 2. The molecule has 0 bridgehead atoms. The zero-order chi connectivity index (χ0) is 19.4. The molecule has 9 heteroatoms. The minimum atomic E-state index is -0.433. The Morgan fingerprint density at radius 2 is 2.22 bits per heavy atom. The summed E-state index contributed by atoms with van der Waals surface area (Å²) in [6, 6.07) is 7.31. The zero-order valence-corrected chi connectivity index (χ0v) is 17.1. The molecular weight excluding hydrogens is 384 g/mol. The van der Waals surface area contributed by atoms with E-state index in [1.807, 2.05) is 18.2 Å². The van der Waals surface area contributed by atoms with E-state index >= 15 is 0 Å². The summed E-state index contributed by atoms with van der Waals surface area (Å²) in [6.45, 7) is 4.56. The molecule has 0 unspecified atom stereocenters. The Labute approximate surface area is 166 Å². The molecule has 0 radical (unpaired) electrons. The quantitative estimate of drug-likeness (QED) is 0.560. The van der Waals surface area contributed by atoms with Crippen LogP contribution >= 0.6 is 23.1 Å². The number of thioether (sulfide) groups is 1. The highest BCUT2D eigenvalue weighted by Gasteiger charge is 2.36. The molecule has 0 spiro atoms. The maximum atomic E-state index is 12.6. The van der Waals surface area contributed by atoms with Crippen LogP contribution in [-0.4, -0.2) is 40.9 Å². The van der Waals surface area contributed by atoms with Gasteiger partial charge in [-0.3, -0.25) is 9.59 Å². The van der Waals surface area contributed by atoms with Gasteiger partial charge in [0.05, 0.1) is 18.7 Å². The van der Waals surface area contributed by atoms with Crippen LogP contribution < -0.4 is 15.0 Å². The Balaban J connectivity index is 1.64. The fraction of sp³-hybridized carbons (Fsp3) is 0.444. The van der Waals surface area contributed by atoms with Crippen molar-refractivity contribution in [2.45, 2.75) is 36.3 Å². The number of nitrogens with zero attached hydrogens (tertiary/aromatic N) is 3. The smallest absolute Gasteiger partial charge is 0.231 e. The van der Waals surface area contributed by atoms with E-state index in [4.69, 9.17) is 4.74 Å². The lowest BCUT2D eigenvalue weighted by molar-refractivity contribution is -0.122. The molecule has 1 aliphatic heterocycles. The average molecular weight is 407 g/mol. The molecule has 2 heterocycles. The van der Waals surface area contributed by atoms with Crippen LogP contribution in [0.4, 0.5) is 10.8 Å². The predicted molar refractivity (Wildman–Crippen MR) is 108 cm³/mol. The zero-order valence-electron chi connectivity index (χ0n) is 15.5. The third kappa shape index (κ3) is 4.59. The van der Waals surface area contributed by atoms with E-state index in [9.17, 15) is 9.59 Å². The van der Waals surface area contributed by atoms with Crippen molar-refractivity contribution >= 4 is 45.7 Å². The van der Waals surface area contributed by atoms with Gasteiger partial charge in [0, 0.05) is 18.2 Å². The van der Waals surface area contributed by atoms with E-state index in [-0.39, 0.29) is 18.2 Å². The molecular formula is C18H22N4O3S2. The van der Waals surface area contributed by atoms with Crippen molar-refractivity contribution < 1.29 is 14.3 Å². The lowest BCUT2D eigenvalue weighted by Gasteiger charge is -2.19. The summed E-state index contributed by atoms with van der Waals surface area (Å²) in [4.78, 5) is 26.6. The monoisotopic (exact) mass is 406 g/mol. The minimum Gasteiger partial charge on any atom is -0.495 e. The second kappa shape index (κ2) is 8.71. The van der Waals surface area contributed by atoms with Crippen LogP contribution in [0.5, 0.6) is 5.75 Å². The lowest BCUT2D eigenvalue weighted by Crippen LogP contribution is -2.28. The molecule has 1 N–H and O–H groups in total. The Morgan fingerprint density at radius 1 is 1.44 bits per heavy atom. The predicted octanol–water partition coefficient (Wildman–Crippen LogP) is 3.43. The van der Waals surface area contributed by atoms with E-state index in [2.05, 4.69) is 29.4 Å². The fourth-order valence-electron chi connectivity index (χ4n) is 2.74. The second-order valence-electron chi connectivity index (χ2n) is 6.28. The minimum absolute atomic E-state index is 0.0927. The molecule has 2 aromatic rings. The van der Waals surface area contributed by atoms with Crippen molar-refractivity contribution in [2.75, 3.05) is 23.9 Å². The maximum absolute atomic E-state index is 12.6. The first-order valence-electron chi connectivity index (χ1n) is 8.76. The summed E-state index contributed by atoms with van der Waals surface area (Å²) in [5.41, 5.74) is 0.684. The van der Waals surface area contributed by atoms with Crippen molar-refractivity contribution in [1.29, 1.82) is 0 Å². The molecule has 0 saturated carbocycles. The highest BCUT2D eigenvalue weighted by atomic mass is 32.2. The molecule has 2 atom stereocenters. The SMILES string of the molecule is CC[C@H](C)Sc1nnc(NC(=O)[C@@H]2CC(=O)N(c3ccccc3OC)C2)s1. The number of hydrogen-bond donors (Lipinski definition) is 1. The van der Waals surface area contributed by atoms with Gasteiger partial charge in [0.2, 0.25) is 16.9 Å². The number of nitrogens with one attached hydrogen (secondary N) is 1. The number of aromatic nitrogens is 2. The molecule has 2 amide bonds. The van der Waals surface area contributed by atoms with Gasteiger partial charge in [0.1, 0.15) is 5.75 Å². The number of hydrogen-bond acceptors (Lipinski definition) is 7. The van der Waals surface area contributed by atoms with Crippen LogP contribution in [0.1, 0.15) is 26.7 Å². The lowest BCUT2D eigenvalue weighted by atomic mass is 10.1. The molecule has 0 aliphatic carbocycles. The molecule has 1 aliphatic rings. The number of rotatable bonds is 7. The van der Waals surface area contributed by atoms with Gasteiger partial charge in [-0.1, -0.05) is 49.1 Å². The van der Waals surface area contributed by atoms with E-state index in [0.29, 0.717) is 28.4 Å². The normalized spacial score (nSPS) is 17.8. The first-order valence-corrected chi connectivity index (χ1v) is 10.5. The number of methoxy groups -OCH3 is 1. The topological polar surface area (TPSA) is 84.4 Å². The van der Waals surface area contributed by atoms with E-state index in [1.165, 1.54) is 11.3 Å². The molecule has 3 rings (SSSR count). The second-order valence-corrected chi connectivity index (χ2v) is 8.94. The van der Waals surface area contributed by atoms with Crippen LogP contribution in [0.2, 0.25) is 0 Å². The van der Waals surface area contributed by atoms with Gasteiger partial charge in [-0.15, -0.1) is 10.2 Å². The molecule has 1 aromatic heterocycles. The average Bonchev–Trinajstić information content (AvgIpc) is 3.27. The largest absolute Gasteiger partial charge is 0.495 e. The third-order valence-corrected chi connectivity index (χ3v) is 6.58. The van der Waals surface area contributed by atoms with E-state index < -0.39 is 5.92 Å². The van der Waals surface area contributed by atoms with Crippen molar-refractivity contribution in [1.82, 2.24) is 10.2 Å². The summed E-state index contributed by atoms with van der Waals surface area (Å²) >= 11 is 3.00. The highest BCUT2D eigenvalue weighted by molar-refractivity contribution is 8.01. The van der Waals surface area contributed by atoms with Crippen LogP contribution in [0.3, 0.4) is 0 Å². The number of benzene rings is 1. The van der Waals surface area contributed by atoms with Crippen LogP contribution in [-0.2, 0) is 9.59 Å². The molecule has 7 nitrogen and oxygen atoms in total. The van der Waals surface area contributed by atoms with Crippen molar-refractivity contribution in [2.24, 2.45) is 5.92 Å². The Hall–Kier alpha value is -2.13. The van der Waals surface area contributed by atoms with Crippen molar-refractivity contribution in [3.8, 4) is 5.75 Å². The van der Waals surface area contributed by atoms with Crippen LogP contribution in [0.15, 0.2) is 28.6 Å². The standard InChI is InChI=1S/C18H22N4O3S2/c1-4-11(2)26-18-21-20-17(27-18)19-16(24)12-9-15(23)22(10-12)13-7-5-6-8-14(13)25-3/h5-8,11-12H,4,9-10H2,1-3H3,(H,19,20,24)/t11-,12+/m0/s1. The van der Waals surface area contributed by atoms with E-state index in [0.717, 1.165) is 10.8 Å². The molecule has 144 valence electrons. The Bertz CT molecular complexity index is 826. The summed E-state index contributed by atoms with van der Waals surface area (Å²) in [7, 11) is 1.56. The van der Waals surface area contributed by atoms with Gasteiger partial charge < -0.3 is 15.0 Å². The van der Waals surface area contributed by atoms with Gasteiger partial charge in [-0.2, -0.15) is 0 Å². The number of para-hydroxylation sites is 2. The molecule has 27 heavy (non-hydrogen) atoms. The Kier molecular flexibility index (Phi) is 6.33. The summed E-state index contributed by atoms with van der Waals surface area (Å²) in [5, 5.41) is 11.9. The maximum Gasteiger partial charge on any atom is 0.231 e. The summed E-state index contributed by atoms with van der Waals surface area (Å²) in [5.74, 6) is -0.123. The Morgan fingerprint density at radius 3 is 2.96 bits per heavy atom. The van der Waals surface area contributed by atoms with Crippen LogP contribution in [0, 0.1) is 5.92 Å². The van der Waals surface area contributed by atoms with Gasteiger partial charge in [-0.05, 0) is 18.6 Å². The first-order chi connectivity index (χ1) is 13.0. The molecule has 1 aromatic carbocycles. The third-order valence-electron chi connectivity index (χ3n) is 4.39. The molecule has 1 fully saturated rings.